The summed E-state index contributed by atoms with van der Waals surface area (Å²) in [5.74, 6) is 0. The van der Waals surface area contributed by atoms with E-state index >= 15 is 0 Å². The molecule has 0 N–H and O–H groups in total. The first-order valence-corrected chi connectivity index (χ1v) is 10.8. The average Bonchev–Trinajstić information content (AvgIpc) is 2.87. The van der Waals surface area contributed by atoms with Gasteiger partial charge in [-0.1, -0.05) is 109 Å². The molecule has 0 heterocycles. The summed E-state index contributed by atoms with van der Waals surface area (Å²) in [7, 11) is 6.40. The molecule has 0 saturated carbocycles. The lowest BCUT2D eigenvalue weighted by Crippen LogP contribution is -2.18. The molecule has 2 radical (unpaired) electrons. The number of rotatable bonds is 5. The molecule has 150 valence electrons. The Morgan fingerprint density at radius 3 is 1.69 bits per heavy atom. The quantitative estimate of drug-likeness (QED) is 0.277. The van der Waals surface area contributed by atoms with Gasteiger partial charge in [-0.15, -0.1) is 0 Å². The molecule has 0 aromatic heterocycles. The van der Waals surface area contributed by atoms with Gasteiger partial charge >= 0.3 is 0 Å². The molecule has 5 aromatic carbocycles. The van der Waals surface area contributed by atoms with Gasteiger partial charge in [-0.05, 0) is 52.6 Å². The molecule has 0 aliphatic carbocycles. The van der Waals surface area contributed by atoms with Crippen LogP contribution < -0.4 is 10.4 Å². The van der Waals surface area contributed by atoms with Crippen molar-refractivity contribution in [2.75, 3.05) is 4.90 Å². The Morgan fingerprint density at radius 2 is 0.969 bits per heavy atom. The Balaban J connectivity index is 1.66. The van der Waals surface area contributed by atoms with Gasteiger partial charge in [-0.3, -0.25) is 0 Å². The third kappa shape index (κ3) is 3.96. The number of benzene rings is 5. The zero-order valence-corrected chi connectivity index (χ0v) is 17.7. The lowest BCUT2D eigenvalue weighted by atomic mass is 9.92. The molecule has 0 spiro atoms. The van der Waals surface area contributed by atoms with Gasteiger partial charge in [0.15, 0.2) is 0 Å². The molecule has 0 aliphatic rings. The van der Waals surface area contributed by atoms with E-state index in [0.717, 1.165) is 28.1 Å². The summed E-state index contributed by atoms with van der Waals surface area (Å²) in [5, 5.41) is 0. The summed E-state index contributed by atoms with van der Waals surface area (Å²) in [6, 6.07) is 46.1. The van der Waals surface area contributed by atoms with Crippen molar-refractivity contribution in [3.05, 3.63) is 133 Å². The average molecular weight is 407 g/mol. The lowest BCUT2D eigenvalue weighted by molar-refractivity contribution is 1.29. The van der Waals surface area contributed by atoms with Crippen molar-refractivity contribution in [1.29, 1.82) is 0 Å². The Hall–Kier alpha value is -4.04. The van der Waals surface area contributed by atoms with Gasteiger partial charge < -0.3 is 4.90 Å². The van der Waals surface area contributed by atoms with Gasteiger partial charge in [0, 0.05) is 17.1 Å². The van der Waals surface area contributed by atoms with Gasteiger partial charge in [0.1, 0.15) is 7.85 Å². The highest BCUT2D eigenvalue weighted by molar-refractivity contribution is 6.36. The summed E-state index contributed by atoms with van der Waals surface area (Å²) in [6.45, 7) is 0. The molecule has 5 rings (SSSR count). The summed E-state index contributed by atoms with van der Waals surface area (Å²) < 4.78 is 0. The highest BCUT2D eigenvalue weighted by Crippen LogP contribution is 2.37. The second-order valence-corrected chi connectivity index (χ2v) is 7.69. The fourth-order valence-corrected chi connectivity index (χ4v) is 4.11. The number of para-hydroxylation sites is 2. The van der Waals surface area contributed by atoms with E-state index in [2.05, 4.69) is 114 Å². The van der Waals surface area contributed by atoms with E-state index in [4.69, 9.17) is 7.85 Å². The molecule has 1 nitrogen and oxygen atoms in total. The topological polar surface area (TPSA) is 3.24 Å². The van der Waals surface area contributed by atoms with Crippen molar-refractivity contribution < 1.29 is 0 Å². The minimum absolute atomic E-state index is 0.742. The van der Waals surface area contributed by atoms with Gasteiger partial charge in [-0.2, -0.15) is 0 Å². The molecule has 5 aromatic rings. The predicted octanol–water partition coefficient (Wildman–Crippen LogP) is 7.28. The van der Waals surface area contributed by atoms with E-state index in [-0.39, 0.29) is 0 Å². The van der Waals surface area contributed by atoms with Crippen LogP contribution in [-0.2, 0) is 0 Å². The Labute approximate surface area is 191 Å². The minimum Gasteiger partial charge on any atom is -0.311 e. The van der Waals surface area contributed by atoms with Crippen LogP contribution in [0, 0.1) is 0 Å². The number of hydrogen-bond acceptors (Lipinski definition) is 1. The van der Waals surface area contributed by atoms with E-state index in [1.807, 2.05) is 24.3 Å². The third-order valence-corrected chi connectivity index (χ3v) is 5.62. The molecular weight excluding hydrogens is 385 g/mol. The largest absolute Gasteiger partial charge is 0.311 e. The second kappa shape index (κ2) is 8.99. The van der Waals surface area contributed by atoms with E-state index in [0.29, 0.717) is 0 Å². The van der Waals surface area contributed by atoms with E-state index in [1.165, 1.54) is 16.7 Å². The monoisotopic (exact) mass is 407 g/mol. The fourth-order valence-electron chi connectivity index (χ4n) is 4.11. The first-order valence-electron chi connectivity index (χ1n) is 10.8. The maximum Gasteiger partial charge on any atom is 0.116 e. The molecule has 0 saturated heterocycles. The van der Waals surface area contributed by atoms with Crippen molar-refractivity contribution in [2.45, 2.75) is 0 Å². The van der Waals surface area contributed by atoms with Gasteiger partial charge in [0.05, 0.1) is 0 Å². The van der Waals surface area contributed by atoms with Crippen molar-refractivity contribution in [1.82, 2.24) is 0 Å². The van der Waals surface area contributed by atoms with Gasteiger partial charge in [0.25, 0.3) is 0 Å². The number of anilines is 3. The van der Waals surface area contributed by atoms with E-state index in [1.54, 1.807) is 0 Å². The normalized spacial score (nSPS) is 10.6. The maximum atomic E-state index is 6.40. The van der Waals surface area contributed by atoms with Crippen LogP contribution in [0.25, 0.3) is 22.3 Å². The molecule has 0 fully saturated rings. The molecule has 2 heteroatoms. The molecular formula is C30H22BN. The maximum absolute atomic E-state index is 6.40. The molecule has 0 atom stereocenters. The summed E-state index contributed by atoms with van der Waals surface area (Å²) in [4.78, 5) is 2.21. The Morgan fingerprint density at radius 1 is 0.438 bits per heavy atom. The van der Waals surface area contributed by atoms with Gasteiger partial charge in [-0.25, -0.2) is 0 Å². The molecule has 0 aliphatic heterocycles. The number of nitrogens with zero attached hydrogens (tertiary/aromatic N) is 1. The molecule has 0 bridgehead atoms. The summed E-state index contributed by atoms with van der Waals surface area (Å²) >= 11 is 0. The van der Waals surface area contributed by atoms with Crippen LogP contribution in [0.2, 0.25) is 0 Å². The van der Waals surface area contributed by atoms with Crippen LogP contribution in [0.5, 0.6) is 0 Å². The Bertz CT molecular complexity index is 1330. The van der Waals surface area contributed by atoms with Crippen LogP contribution in [0.3, 0.4) is 0 Å². The smallest absolute Gasteiger partial charge is 0.116 e. The van der Waals surface area contributed by atoms with Gasteiger partial charge in [0.2, 0.25) is 0 Å². The molecule has 32 heavy (non-hydrogen) atoms. The van der Waals surface area contributed by atoms with Crippen molar-refractivity contribution in [3.8, 4) is 22.3 Å². The molecule has 0 amide bonds. The Kier molecular flexibility index (Phi) is 5.59. The third-order valence-electron chi connectivity index (χ3n) is 5.62. The second-order valence-electron chi connectivity index (χ2n) is 7.69. The predicted molar refractivity (Wildman–Crippen MR) is 137 cm³/mol. The zero-order chi connectivity index (χ0) is 21.8. The first kappa shape index (κ1) is 19.9. The standard InChI is InChI=1S/C30H22BN/c31-29-20-9-10-21-30(29)32(25-15-5-2-6-16-25)26-17-11-14-24(22-26)28-19-8-7-18-27(28)23-12-3-1-4-13-23/h1-22H. The van der Waals surface area contributed by atoms with Crippen LogP contribution in [0.1, 0.15) is 0 Å². The van der Waals surface area contributed by atoms with E-state index in [9.17, 15) is 0 Å². The summed E-state index contributed by atoms with van der Waals surface area (Å²) in [6.07, 6.45) is 0. The van der Waals surface area contributed by atoms with Crippen molar-refractivity contribution in [3.63, 3.8) is 0 Å². The number of hydrogen-bond donors (Lipinski definition) is 0. The van der Waals surface area contributed by atoms with Crippen LogP contribution >= 0.6 is 0 Å². The van der Waals surface area contributed by atoms with Crippen LogP contribution in [0.4, 0.5) is 17.1 Å². The lowest BCUT2D eigenvalue weighted by Gasteiger charge is -2.27. The van der Waals surface area contributed by atoms with E-state index < -0.39 is 0 Å². The summed E-state index contributed by atoms with van der Waals surface area (Å²) in [5.41, 5.74) is 8.63. The van der Waals surface area contributed by atoms with Crippen molar-refractivity contribution >= 4 is 30.4 Å². The zero-order valence-electron chi connectivity index (χ0n) is 17.7. The SMILES string of the molecule is [B]c1ccccc1N(c1ccccc1)c1cccc(-c2ccccc2-c2ccccc2)c1. The first-order chi connectivity index (χ1) is 15.8. The van der Waals surface area contributed by atoms with Crippen LogP contribution in [0.15, 0.2) is 133 Å². The highest BCUT2D eigenvalue weighted by Gasteiger charge is 2.15. The minimum atomic E-state index is 0.742. The highest BCUT2D eigenvalue weighted by atomic mass is 15.1. The molecule has 0 unspecified atom stereocenters. The van der Waals surface area contributed by atoms with Crippen molar-refractivity contribution in [2.24, 2.45) is 0 Å². The van der Waals surface area contributed by atoms with Crippen LogP contribution in [-0.4, -0.2) is 7.85 Å². The fraction of sp³-hybridized carbons (Fsp3) is 0.